The molecule has 1 aliphatic carbocycles. The Morgan fingerprint density at radius 1 is 0.377 bits per heavy atom. The number of para-hydroxylation sites is 1. The van der Waals surface area contributed by atoms with Gasteiger partial charge in [-0.25, -0.2) is 9.97 Å². The van der Waals surface area contributed by atoms with E-state index in [0.29, 0.717) is 5.82 Å². The van der Waals surface area contributed by atoms with Crippen LogP contribution in [-0.2, 0) is 5.41 Å². The van der Waals surface area contributed by atoms with E-state index in [2.05, 4.69) is 217 Å². The Morgan fingerprint density at radius 2 is 0.957 bits per heavy atom. The first-order valence-electron chi connectivity index (χ1n) is 23.6. The number of furan rings is 1. The Bertz CT molecular complexity index is 4130. The summed E-state index contributed by atoms with van der Waals surface area (Å²) in [6, 6.07) is 85.6. The van der Waals surface area contributed by atoms with Crippen LogP contribution in [0, 0.1) is 0 Å². The molecule has 0 atom stereocenters. The maximum atomic E-state index is 6.61. The van der Waals surface area contributed by atoms with Crippen LogP contribution in [0.25, 0.3) is 117 Å². The Morgan fingerprint density at radius 3 is 1.67 bits per heavy atom. The van der Waals surface area contributed by atoms with Crippen molar-refractivity contribution in [1.29, 1.82) is 0 Å². The molecule has 0 bridgehead atoms. The highest BCUT2D eigenvalue weighted by molar-refractivity contribution is 6.20. The first-order valence-corrected chi connectivity index (χ1v) is 23.6. The predicted molar refractivity (Wildman–Crippen MR) is 282 cm³/mol. The van der Waals surface area contributed by atoms with Gasteiger partial charge in [0.2, 0.25) is 0 Å². The summed E-state index contributed by atoms with van der Waals surface area (Å²) in [4.78, 5) is 10.5. The molecule has 1 aliphatic heterocycles. The zero-order valence-electron chi connectivity index (χ0n) is 37.3. The van der Waals surface area contributed by atoms with Crippen molar-refractivity contribution in [1.82, 2.24) is 14.5 Å². The third-order valence-corrected chi connectivity index (χ3v) is 14.8. The number of rotatable bonds is 6. The van der Waals surface area contributed by atoms with E-state index in [4.69, 9.17) is 14.4 Å². The zero-order valence-corrected chi connectivity index (χ0v) is 37.3. The summed E-state index contributed by atoms with van der Waals surface area (Å²) in [5.74, 6) is 0.658. The van der Waals surface area contributed by atoms with Crippen molar-refractivity contribution in [3.05, 3.63) is 259 Å². The summed E-state index contributed by atoms with van der Waals surface area (Å²) in [5, 5.41) is 4.48. The van der Waals surface area contributed by atoms with Crippen LogP contribution in [0.2, 0.25) is 0 Å². The topological polar surface area (TPSA) is 43.9 Å². The Labute approximate surface area is 398 Å². The molecule has 10 aromatic carbocycles. The Hall–Kier alpha value is -9.12. The van der Waals surface area contributed by atoms with Crippen molar-refractivity contribution in [3.63, 3.8) is 0 Å². The second-order valence-electron chi connectivity index (χ2n) is 18.4. The lowest BCUT2D eigenvalue weighted by Crippen LogP contribution is -2.28. The molecule has 4 heteroatoms. The van der Waals surface area contributed by atoms with E-state index < -0.39 is 5.41 Å². The maximum Gasteiger partial charge on any atom is 0.161 e. The summed E-state index contributed by atoms with van der Waals surface area (Å²) in [7, 11) is 0. The minimum atomic E-state index is -0.505. The smallest absolute Gasteiger partial charge is 0.161 e. The number of hydrogen-bond acceptors (Lipinski definition) is 3. The number of fused-ring (bicyclic) bond motifs is 9. The highest BCUT2D eigenvalue weighted by Gasteiger charge is 2.49. The second kappa shape index (κ2) is 14.4. The molecule has 4 heterocycles. The highest BCUT2D eigenvalue weighted by Crippen LogP contribution is 2.62. The van der Waals surface area contributed by atoms with Gasteiger partial charge in [-0.15, -0.1) is 0 Å². The monoisotopic (exact) mass is 877 g/mol. The molecule has 0 N–H and O–H groups in total. The third-order valence-electron chi connectivity index (χ3n) is 14.8. The summed E-state index contributed by atoms with van der Waals surface area (Å²) in [6.07, 6.45) is 0. The average molecular weight is 878 g/mol. The molecule has 0 saturated carbocycles. The summed E-state index contributed by atoms with van der Waals surface area (Å²) >= 11 is 0. The summed E-state index contributed by atoms with van der Waals surface area (Å²) in [6.45, 7) is 0. The molecule has 69 heavy (non-hydrogen) atoms. The van der Waals surface area contributed by atoms with Gasteiger partial charge < -0.3 is 8.98 Å². The lowest BCUT2D eigenvalue weighted by molar-refractivity contribution is 0.669. The van der Waals surface area contributed by atoms with Gasteiger partial charge in [0, 0.05) is 49.4 Å². The SMILES string of the molecule is c1ccc(-c2cc(-c3ccccc3)nc(-c3cccc4oc5ccc(-c6ccc7c(c6)c6ccc8c9c6n7-c6ccccc6-c6cccc(c6-9)C8(c6ccccc6)c6ccccc6)cc5c34)n2)cc1. The molecular formula is C65H39N3O. The van der Waals surface area contributed by atoms with Crippen molar-refractivity contribution >= 4 is 43.7 Å². The quantitative estimate of drug-likeness (QED) is 0.167. The van der Waals surface area contributed by atoms with Gasteiger partial charge in [0.25, 0.3) is 0 Å². The fourth-order valence-corrected chi connectivity index (χ4v) is 11.9. The van der Waals surface area contributed by atoms with Crippen LogP contribution in [0.5, 0.6) is 0 Å². The molecule has 15 rings (SSSR count). The van der Waals surface area contributed by atoms with Crippen LogP contribution in [0.4, 0.5) is 0 Å². The molecular weight excluding hydrogens is 839 g/mol. The molecule has 0 amide bonds. The number of aromatic nitrogens is 3. The van der Waals surface area contributed by atoms with Crippen LogP contribution in [0.3, 0.4) is 0 Å². The van der Waals surface area contributed by atoms with Gasteiger partial charge in [0.15, 0.2) is 5.82 Å². The average Bonchev–Trinajstić information content (AvgIpc) is 4.04. The molecule has 0 radical (unpaired) electrons. The Balaban J connectivity index is 0.957. The van der Waals surface area contributed by atoms with Crippen LogP contribution in [0.1, 0.15) is 22.3 Å². The van der Waals surface area contributed by atoms with Crippen LogP contribution in [0.15, 0.2) is 241 Å². The van der Waals surface area contributed by atoms with Gasteiger partial charge in [-0.05, 0) is 87.0 Å². The first kappa shape index (κ1) is 38.0. The highest BCUT2D eigenvalue weighted by atomic mass is 16.3. The normalized spacial score (nSPS) is 13.0. The number of hydrogen-bond donors (Lipinski definition) is 0. The molecule has 4 nitrogen and oxygen atoms in total. The van der Waals surface area contributed by atoms with Gasteiger partial charge in [-0.1, -0.05) is 194 Å². The van der Waals surface area contributed by atoms with Crippen LogP contribution >= 0.6 is 0 Å². The van der Waals surface area contributed by atoms with Gasteiger partial charge in [0.1, 0.15) is 11.2 Å². The number of nitrogens with zero attached hydrogens (tertiary/aromatic N) is 3. The largest absolute Gasteiger partial charge is 0.456 e. The lowest BCUT2D eigenvalue weighted by Gasteiger charge is -2.34. The molecule has 0 saturated heterocycles. The van der Waals surface area contributed by atoms with E-state index in [1.54, 1.807) is 0 Å². The van der Waals surface area contributed by atoms with E-state index in [1.807, 2.05) is 24.3 Å². The van der Waals surface area contributed by atoms with Crippen molar-refractivity contribution in [2.24, 2.45) is 0 Å². The minimum absolute atomic E-state index is 0.505. The number of benzene rings is 10. The lowest BCUT2D eigenvalue weighted by atomic mass is 9.67. The van der Waals surface area contributed by atoms with Gasteiger partial charge >= 0.3 is 0 Å². The molecule has 0 fully saturated rings. The Kier molecular flexibility index (Phi) is 7.96. The first-order chi connectivity index (χ1) is 34.2. The van der Waals surface area contributed by atoms with Crippen molar-refractivity contribution < 1.29 is 4.42 Å². The fraction of sp³-hybridized carbons (Fsp3) is 0.0154. The van der Waals surface area contributed by atoms with E-state index in [-0.39, 0.29) is 0 Å². The van der Waals surface area contributed by atoms with Crippen molar-refractivity contribution in [2.45, 2.75) is 5.41 Å². The van der Waals surface area contributed by atoms with Gasteiger partial charge in [-0.2, -0.15) is 0 Å². The van der Waals surface area contributed by atoms with Crippen molar-refractivity contribution in [2.75, 3.05) is 0 Å². The summed E-state index contributed by atoms with van der Waals surface area (Å²) in [5.41, 5.74) is 22.1. The van der Waals surface area contributed by atoms with Gasteiger partial charge in [-0.3, -0.25) is 0 Å². The maximum absolute atomic E-state index is 6.61. The molecule has 0 unspecified atom stereocenters. The van der Waals surface area contributed by atoms with E-state index in [1.165, 1.54) is 72.0 Å². The standard InChI is InChI=1S/C65H39N3O/c1-5-17-40(18-6-1)54-39-55(41-19-7-2-8-20-41)67-64(66-54)49-27-16-30-59-60(49)51-38-43(32-36-58(51)69-59)42-31-35-57-50(37-42)48-33-34-53-62-61-47(46-25-13-14-29-56(46)68(57)63(48)62)26-15-28-52(61)65(53,44-21-9-3-10-22-44)45-23-11-4-12-24-45/h1-39H. The van der Waals surface area contributed by atoms with E-state index in [0.717, 1.165) is 61.1 Å². The molecule has 3 aromatic heterocycles. The molecule has 320 valence electrons. The van der Waals surface area contributed by atoms with Crippen molar-refractivity contribution in [3.8, 4) is 73.0 Å². The van der Waals surface area contributed by atoms with E-state index in [9.17, 15) is 0 Å². The zero-order chi connectivity index (χ0) is 45.2. The summed E-state index contributed by atoms with van der Waals surface area (Å²) < 4.78 is 9.16. The predicted octanol–water partition coefficient (Wildman–Crippen LogP) is 16.5. The van der Waals surface area contributed by atoms with Gasteiger partial charge in [0.05, 0.1) is 33.5 Å². The van der Waals surface area contributed by atoms with Crippen LogP contribution < -0.4 is 0 Å². The molecule has 13 aromatic rings. The molecule has 2 aliphatic rings. The minimum Gasteiger partial charge on any atom is -0.456 e. The molecule has 0 spiro atoms. The fourth-order valence-electron chi connectivity index (χ4n) is 11.9. The third kappa shape index (κ3) is 5.34. The van der Waals surface area contributed by atoms with Crippen LogP contribution in [-0.4, -0.2) is 14.5 Å². The second-order valence-corrected chi connectivity index (χ2v) is 18.4. The van der Waals surface area contributed by atoms with E-state index >= 15 is 0 Å².